The molecule has 0 saturated carbocycles. The number of hydrogen-bond donors (Lipinski definition) is 0. The minimum atomic E-state index is -0.462. The molecule has 2 rings (SSSR count). The van der Waals surface area contributed by atoms with Crippen molar-refractivity contribution in [3.63, 3.8) is 0 Å². The molecule has 4 nitrogen and oxygen atoms in total. The average molecular weight is 287 g/mol. The van der Waals surface area contributed by atoms with Crippen molar-refractivity contribution in [3.8, 4) is 0 Å². The fraction of sp³-hybridized carbons (Fsp3) is 0.200. The maximum Gasteiger partial charge on any atom is 0.341 e. The lowest BCUT2D eigenvalue weighted by Gasteiger charge is -2.00. The van der Waals surface area contributed by atoms with Gasteiger partial charge in [0.15, 0.2) is 5.82 Å². The van der Waals surface area contributed by atoms with Crippen molar-refractivity contribution in [1.29, 1.82) is 0 Å². The van der Waals surface area contributed by atoms with Gasteiger partial charge in [-0.05, 0) is 28.9 Å². The summed E-state index contributed by atoms with van der Waals surface area (Å²) in [6.07, 6.45) is 2.56. The highest BCUT2D eigenvalue weighted by Gasteiger charge is 2.15. The lowest BCUT2D eigenvalue weighted by atomic mass is 10.2. The summed E-state index contributed by atoms with van der Waals surface area (Å²) in [6, 6.07) is 1.49. The molecule has 0 spiro atoms. The minimum Gasteiger partial charge on any atom is -0.462 e. The van der Waals surface area contributed by atoms with Crippen LogP contribution in [0.3, 0.4) is 0 Å². The van der Waals surface area contributed by atoms with E-state index in [1.807, 2.05) is 0 Å². The molecule has 0 amide bonds. The number of pyridine rings is 1. The van der Waals surface area contributed by atoms with Gasteiger partial charge in [0, 0.05) is 0 Å². The molecule has 2 aromatic rings. The number of nitrogens with zero attached hydrogens (tertiary/aromatic N) is 2. The first-order valence-electron chi connectivity index (χ1n) is 4.63. The van der Waals surface area contributed by atoms with Crippen molar-refractivity contribution in [2.75, 3.05) is 6.61 Å². The molecule has 0 aliphatic heterocycles. The lowest BCUT2D eigenvalue weighted by Crippen LogP contribution is -2.04. The molecular weight excluding hydrogens is 279 g/mol. The third-order valence-electron chi connectivity index (χ3n) is 2.06. The normalized spacial score (nSPS) is 10.7. The second-order valence-corrected chi connectivity index (χ2v) is 3.93. The zero-order valence-electron chi connectivity index (χ0n) is 8.41. The van der Waals surface area contributed by atoms with Crippen LogP contribution in [0, 0.1) is 5.82 Å². The van der Waals surface area contributed by atoms with Gasteiger partial charge in [0.05, 0.1) is 29.0 Å². The van der Waals surface area contributed by atoms with E-state index in [0.29, 0.717) is 17.7 Å². The molecule has 0 aromatic carbocycles. The van der Waals surface area contributed by atoms with Gasteiger partial charge in [0.1, 0.15) is 5.56 Å². The van der Waals surface area contributed by atoms with E-state index in [1.54, 1.807) is 6.92 Å². The number of rotatable bonds is 2. The fourth-order valence-corrected chi connectivity index (χ4v) is 1.66. The minimum absolute atomic E-state index is 0.283. The van der Waals surface area contributed by atoms with E-state index in [9.17, 15) is 9.18 Å². The SMILES string of the molecule is CCOC(=O)c1cnn2cc(F)c(Br)cc12. The Morgan fingerprint density at radius 1 is 1.69 bits per heavy atom. The summed E-state index contributed by atoms with van der Waals surface area (Å²) < 4.78 is 19.6. The summed E-state index contributed by atoms with van der Waals surface area (Å²) in [5.41, 5.74) is 0.828. The predicted molar refractivity (Wildman–Crippen MR) is 58.8 cm³/mol. The highest BCUT2D eigenvalue weighted by Crippen LogP contribution is 2.20. The Hall–Kier alpha value is -1.43. The zero-order valence-corrected chi connectivity index (χ0v) is 9.99. The van der Waals surface area contributed by atoms with E-state index in [-0.39, 0.29) is 4.47 Å². The molecule has 84 valence electrons. The number of fused-ring (bicyclic) bond motifs is 1. The Kier molecular flexibility index (Phi) is 2.91. The molecule has 16 heavy (non-hydrogen) atoms. The molecule has 2 heterocycles. The third kappa shape index (κ3) is 1.80. The Morgan fingerprint density at radius 2 is 2.44 bits per heavy atom. The van der Waals surface area contributed by atoms with Gasteiger partial charge in [-0.25, -0.2) is 13.7 Å². The summed E-state index contributed by atoms with van der Waals surface area (Å²) in [4.78, 5) is 11.5. The molecule has 0 N–H and O–H groups in total. The molecular formula is C10H8BrFN2O2. The van der Waals surface area contributed by atoms with Crippen molar-refractivity contribution in [3.05, 3.63) is 34.3 Å². The number of ether oxygens (including phenoxy) is 1. The van der Waals surface area contributed by atoms with Crippen LogP contribution in [-0.2, 0) is 4.74 Å². The van der Waals surface area contributed by atoms with Gasteiger partial charge in [-0.1, -0.05) is 0 Å². The molecule has 0 saturated heterocycles. The monoisotopic (exact) mass is 286 g/mol. The van der Waals surface area contributed by atoms with Crippen LogP contribution >= 0.6 is 15.9 Å². The van der Waals surface area contributed by atoms with E-state index in [1.165, 1.54) is 23.0 Å². The summed E-state index contributed by atoms with van der Waals surface area (Å²) >= 11 is 3.06. The Labute approximate surface area is 99.1 Å². The van der Waals surface area contributed by atoms with E-state index >= 15 is 0 Å². The van der Waals surface area contributed by atoms with Gasteiger partial charge < -0.3 is 4.74 Å². The molecule has 6 heteroatoms. The first kappa shape index (κ1) is 11.1. The Balaban J connectivity index is 2.56. The van der Waals surface area contributed by atoms with E-state index in [4.69, 9.17) is 4.74 Å². The summed E-state index contributed by atoms with van der Waals surface area (Å²) in [5.74, 6) is -0.901. The second kappa shape index (κ2) is 4.21. The van der Waals surface area contributed by atoms with Crippen LogP contribution in [0.2, 0.25) is 0 Å². The number of aromatic nitrogens is 2. The maximum atomic E-state index is 13.2. The van der Waals surface area contributed by atoms with E-state index < -0.39 is 11.8 Å². The molecule has 0 radical (unpaired) electrons. The van der Waals surface area contributed by atoms with Gasteiger partial charge in [-0.15, -0.1) is 0 Å². The number of halogens is 2. The number of hydrogen-bond acceptors (Lipinski definition) is 3. The Bertz CT molecular complexity index is 553. The number of carbonyl (C=O) groups is 1. The maximum absolute atomic E-state index is 13.2. The molecule has 0 aliphatic carbocycles. The van der Waals surface area contributed by atoms with Crippen molar-refractivity contribution in [2.45, 2.75) is 6.92 Å². The van der Waals surface area contributed by atoms with Gasteiger partial charge in [-0.2, -0.15) is 5.10 Å². The highest BCUT2D eigenvalue weighted by molar-refractivity contribution is 9.10. The van der Waals surface area contributed by atoms with Crippen LogP contribution in [0.4, 0.5) is 4.39 Å². The average Bonchev–Trinajstić information content (AvgIpc) is 2.62. The summed E-state index contributed by atoms with van der Waals surface area (Å²) in [5, 5.41) is 3.88. The first-order chi connectivity index (χ1) is 7.63. The van der Waals surface area contributed by atoms with Crippen LogP contribution in [0.1, 0.15) is 17.3 Å². The van der Waals surface area contributed by atoms with Crippen molar-refractivity contribution < 1.29 is 13.9 Å². The molecule has 0 bridgehead atoms. The third-order valence-corrected chi connectivity index (χ3v) is 2.66. The van der Waals surface area contributed by atoms with E-state index in [2.05, 4.69) is 21.0 Å². The topological polar surface area (TPSA) is 43.6 Å². The summed E-state index contributed by atoms with van der Waals surface area (Å²) in [6.45, 7) is 2.01. The smallest absolute Gasteiger partial charge is 0.341 e. The van der Waals surface area contributed by atoms with Crippen molar-refractivity contribution in [1.82, 2.24) is 9.61 Å². The van der Waals surface area contributed by atoms with Gasteiger partial charge in [0.25, 0.3) is 0 Å². The largest absolute Gasteiger partial charge is 0.462 e. The standard InChI is InChI=1S/C10H8BrFN2O2/c1-2-16-10(15)6-4-13-14-5-8(12)7(11)3-9(6)14/h3-5H,2H2,1H3. The van der Waals surface area contributed by atoms with Crippen molar-refractivity contribution in [2.24, 2.45) is 0 Å². The second-order valence-electron chi connectivity index (χ2n) is 3.08. The molecule has 0 atom stereocenters. The van der Waals surface area contributed by atoms with Crippen LogP contribution in [0.15, 0.2) is 22.9 Å². The van der Waals surface area contributed by atoms with Crippen LogP contribution in [0.25, 0.3) is 5.52 Å². The number of carbonyl (C=O) groups excluding carboxylic acids is 1. The van der Waals surface area contributed by atoms with Crippen LogP contribution in [0.5, 0.6) is 0 Å². The summed E-state index contributed by atoms with van der Waals surface area (Å²) in [7, 11) is 0. The first-order valence-corrected chi connectivity index (χ1v) is 5.42. The highest BCUT2D eigenvalue weighted by atomic mass is 79.9. The predicted octanol–water partition coefficient (Wildman–Crippen LogP) is 2.41. The Morgan fingerprint density at radius 3 is 3.12 bits per heavy atom. The van der Waals surface area contributed by atoms with Crippen molar-refractivity contribution >= 4 is 27.4 Å². The van der Waals surface area contributed by atoms with Gasteiger partial charge in [0.2, 0.25) is 0 Å². The van der Waals surface area contributed by atoms with Gasteiger partial charge >= 0.3 is 5.97 Å². The number of esters is 1. The van der Waals surface area contributed by atoms with Crippen LogP contribution in [-0.4, -0.2) is 22.2 Å². The molecule has 0 unspecified atom stereocenters. The zero-order chi connectivity index (χ0) is 11.7. The fourth-order valence-electron chi connectivity index (χ4n) is 1.34. The lowest BCUT2D eigenvalue weighted by molar-refractivity contribution is 0.0528. The van der Waals surface area contributed by atoms with Crippen LogP contribution < -0.4 is 0 Å². The molecule has 0 fully saturated rings. The quantitative estimate of drug-likeness (QED) is 0.797. The molecule has 2 aromatic heterocycles. The van der Waals surface area contributed by atoms with E-state index in [0.717, 1.165) is 0 Å². The van der Waals surface area contributed by atoms with Gasteiger partial charge in [-0.3, -0.25) is 0 Å². The molecule has 0 aliphatic rings.